The average Bonchev–Trinajstić information content (AvgIpc) is 3.20. The van der Waals surface area contributed by atoms with Gasteiger partial charge in [0.05, 0.1) is 18.8 Å². The normalized spacial score (nSPS) is 15.0. The van der Waals surface area contributed by atoms with Gasteiger partial charge in [-0.05, 0) is 44.3 Å². The molecule has 0 unspecified atom stereocenters. The Kier molecular flexibility index (Phi) is 4.79. The first kappa shape index (κ1) is 15.8. The maximum Gasteiger partial charge on any atom is 0.240 e. The lowest BCUT2D eigenvalue weighted by Crippen LogP contribution is -2.40. The van der Waals surface area contributed by atoms with E-state index in [9.17, 15) is 4.79 Å². The monoisotopic (exact) mass is 313 g/mol. The van der Waals surface area contributed by atoms with Gasteiger partial charge < -0.3 is 14.6 Å². The van der Waals surface area contributed by atoms with Gasteiger partial charge in [0.2, 0.25) is 5.91 Å². The third-order valence-electron chi connectivity index (χ3n) is 4.30. The van der Waals surface area contributed by atoms with E-state index in [0.29, 0.717) is 13.1 Å². The topological polar surface area (TPSA) is 48.7 Å². The zero-order valence-corrected chi connectivity index (χ0v) is 13.7. The summed E-state index contributed by atoms with van der Waals surface area (Å²) in [6.45, 7) is 1.77. The minimum absolute atomic E-state index is 0.115. The molecule has 2 heterocycles. The summed E-state index contributed by atoms with van der Waals surface area (Å²) in [5, 5.41) is 3.27. The Hall–Kier alpha value is -2.11. The van der Waals surface area contributed by atoms with Crippen LogP contribution < -0.4 is 10.2 Å². The number of para-hydroxylation sites is 1. The van der Waals surface area contributed by atoms with Crippen molar-refractivity contribution in [2.45, 2.75) is 12.5 Å². The molecule has 0 saturated heterocycles. The Bertz CT molecular complexity index is 652. The molecular formula is C18H23N3O2. The molecule has 1 N–H and O–H groups in total. The van der Waals surface area contributed by atoms with Gasteiger partial charge in [0.25, 0.3) is 0 Å². The van der Waals surface area contributed by atoms with Gasteiger partial charge in [-0.25, -0.2) is 0 Å². The summed E-state index contributed by atoms with van der Waals surface area (Å²) in [7, 11) is 4.01. The van der Waals surface area contributed by atoms with Gasteiger partial charge in [-0.15, -0.1) is 0 Å². The first-order valence-electron chi connectivity index (χ1n) is 7.95. The quantitative estimate of drug-likeness (QED) is 0.887. The second-order valence-corrected chi connectivity index (χ2v) is 6.05. The lowest BCUT2D eigenvalue weighted by molar-refractivity contribution is -0.117. The molecule has 0 radical (unpaired) electrons. The minimum Gasteiger partial charge on any atom is -0.468 e. The van der Waals surface area contributed by atoms with Crippen LogP contribution in [0.25, 0.3) is 0 Å². The van der Waals surface area contributed by atoms with E-state index < -0.39 is 0 Å². The first-order chi connectivity index (χ1) is 11.2. The van der Waals surface area contributed by atoms with Crippen molar-refractivity contribution >= 4 is 11.6 Å². The Labute approximate surface area is 136 Å². The smallest absolute Gasteiger partial charge is 0.240 e. The molecule has 5 heteroatoms. The molecule has 2 aromatic rings. The second-order valence-electron chi connectivity index (χ2n) is 6.05. The van der Waals surface area contributed by atoms with Crippen molar-refractivity contribution < 1.29 is 9.21 Å². The highest BCUT2D eigenvalue weighted by Crippen LogP contribution is 2.27. The zero-order valence-electron chi connectivity index (χ0n) is 13.7. The van der Waals surface area contributed by atoms with Crippen LogP contribution in [-0.2, 0) is 11.2 Å². The SMILES string of the molecule is CN(C)[C@H](CNCC(=O)N1CCc2ccccc21)c1ccco1. The molecule has 0 aliphatic carbocycles. The third-order valence-corrected chi connectivity index (χ3v) is 4.30. The molecule has 0 spiro atoms. The number of likely N-dealkylation sites (N-methyl/N-ethyl adjacent to an activating group) is 1. The zero-order chi connectivity index (χ0) is 16.2. The van der Waals surface area contributed by atoms with Crippen molar-refractivity contribution in [1.82, 2.24) is 10.2 Å². The van der Waals surface area contributed by atoms with E-state index in [1.54, 1.807) is 6.26 Å². The molecule has 1 atom stereocenters. The van der Waals surface area contributed by atoms with Crippen LogP contribution >= 0.6 is 0 Å². The van der Waals surface area contributed by atoms with Crippen LogP contribution in [-0.4, -0.2) is 44.5 Å². The maximum atomic E-state index is 12.5. The molecule has 1 aromatic carbocycles. The molecule has 1 aliphatic heterocycles. The summed E-state index contributed by atoms with van der Waals surface area (Å²) < 4.78 is 5.48. The second kappa shape index (κ2) is 6.98. The van der Waals surface area contributed by atoms with E-state index in [0.717, 1.165) is 24.4 Å². The summed E-state index contributed by atoms with van der Waals surface area (Å²) in [6, 6.07) is 12.1. The molecule has 23 heavy (non-hydrogen) atoms. The van der Waals surface area contributed by atoms with Crippen LogP contribution in [0.1, 0.15) is 17.4 Å². The number of rotatable bonds is 6. The highest BCUT2D eigenvalue weighted by molar-refractivity contribution is 5.96. The predicted molar refractivity (Wildman–Crippen MR) is 90.5 cm³/mol. The van der Waals surface area contributed by atoms with E-state index in [-0.39, 0.29) is 11.9 Å². The summed E-state index contributed by atoms with van der Waals surface area (Å²) in [5.74, 6) is 1.02. The van der Waals surface area contributed by atoms with Gasteiger partial charge in [0, 0.05) is 18.8 Å². The van der Waals surface area contributed by atoms with E-state index in [1.807, 2.05) is 49.3 Å². The van der Waals surface area contributed by atoms with Gasteiger partial charge in [-0.2, -0.15) is 0 Å². The number of hydrogen-bond donors (Lipinski definition) is 1. The largest absolute Gasteiger partial charge is 0.468 e. The minimum atomic E-state index is 0.115. The van der Waals surface area contributed by atoms with E-state index in [2.05, 4.69) is 16.3 Å². The van der Waals surface area contributed by atoms with Crippen LogP contribution in [0, 0.1) is 0 Å². The number of nitrogens with zero attached hydrogens (tertiary/aromatic N) is 2. The van der Waals surface area contributed by atoms with Crippen molar-refractivity contribution in [2.24, 2.45) is 0 Å². The molecule has 1 amide bonds. The number of furan rings is 1. The predicted octanol–water partition coefficient (Wildman–Crippen LogP) is 2.06. The number of benzene rings is 1. The first-order valence-corrected chi connectivity index (χ1v) is 7.95. The molecule has 0 bridgehead atoms. The average molecular weight is 313 g/mol. The molecule has 5 nitrogen and oxygen atoms in total. The molecule has 122 valence electrons. The van der Waals surface area contributed by atoms with Crippen molar-refractivity contribution in [3.05, 3.63) is 54.0 Å². The fourth-order valence-corrected chi connectivity index (χ4v) is 3.03. The summed E-state index contributed by atoms with van der Waals surface area (Å²) in [6.07, 6.45) is 2.62. The van der Waals surface area contributed by atoms with Crippen molar-refractivity contribution in [1.29, 1.82) is 0 Å². The fraction of sp³-hybridized carbons (Fsp3) is 0.389. The molecule has 1 aromatic heterocycles. The van der Waals surface area contributed by atoms with Crippen LogP contribution in [0.2, 0.25) is 0 Å². The van der Waals surface area contributed by atoms with Crippen molar-refractivity contribution in [2.75, 3.05) is 38.6 Å². The van der Waals surface area contributed by atoms with Gasteiger partial charge in [-0.3, -0.25) is 9.69 Å². The lowest BCUT2D eigenvalue weighted by Gasteiger charge is -2.23. The summed E-state index contributed by atoms with van der Waals surface area (Å²) in [5.41, 5.74) is 2.30. The van der Waals surface area contributed by atoms with E-state index in [1.165, 1.54) is 5.56 Å². The number of carbonyl (C=O) groups is 1. The van der Waals surface area contributed by atoms with Gasteiger partial charge in [-0.1, -0.05) is 18.2 Å². The highest BCUT2D eigenvalue weighted by atomic mass is 16.3. The van der Waals surface area contributed by atoms with Gasteiger partial charge in [0.1, 0.15) is 5.76 Å². The Balaban J connectivity index is 1.55. The summed E-state index contributed by atoms with van der Waals surface area (Å²) in [4.78, 5) is 16.4. The number of nitrogens with one attached hydrogen (secondary N) is 1. The Morgan fingerprint density at radius 3 is 2.87 bits per heavy atom. The lowest BCUT2D eigenvalue weighted by atomic mass is 10.2. The van der Waals surface area contributed by atoms with Crippen LogP contribution in [0.15, 0.2) is 47.1 Å². The number of hydrogen-bond acceptors (Lipinski definition) is 4. The highest BCUT2D eigenvalue weighted by Gasteiger charge is 2.24. The molecule has 1 aliphatic rings. The number of amides is 1. The molecule has 0 saturated carbocycles. The van der Waals surface area contributed by atoms with Crippen LogP contribution in [0.5, 0.6) is 0 Å². The number of fused-ring (bicyclic) bond motifs is 1. The molecule has 3 rings (SSSR count). The Morgan fingerprint density at radius 2 is 2.13 bits per heavy atom. The Morgan fingerprint density at radius 1 is 1.30 bits per heavy atom. The summed E-state index contributed by atoms with van der Waals surface area (Å²) >= 11 is 0. The van der Waals surface area contributed by atoms with Crippen LogP contribution in [0.4, 0.5) is 5.69 Å². The number of carbonyl (C=O) groups excluding carboxylic acids is 1. The van der Waals surface area contributed by atoms with E-state index in [4.69, 9.17) is 4.42 Å². The third kappa shape index (κ3) is 3.46. The maximum absolute atomic E-state index is 12.5. The van der Waals surface area contributed by atoms with Crippen LogP contribution in [0.3, 0.4) is 0 Å². The molecule has 0 fully saturated rings. The van der Waals surface area contributed by atoms with Gasteiger partial charge in [0.15, 0.2) is 0 Å². The van der Waals surface area contributed by atoms with Crippen molar-refractivity contribution in [3.63, 3.8) is 0 Å². The number of anilines is 1. The standard InChI is InChI=1S/C18H23N3O2/c1-20(2)16(17-8-5-11-23-17)12-19-13-18(22)21-10-9-14-6-3-4-7-15(14)21/h3-8,11,16,19H,9-10,12-13H2,1-2H3/t16-/m1/s1. The van der Waals surface area contributed by atoms with Crippen molar-refractivity contribution in [3.8, 4) is 0 Å². The molecular weight excluding hydrogens is 290 g/mol. The fourth-order valence-electron chi connectivity index (χ4n) is 3.03. The van der Waals surface area contributed by atoms with E-state index >= 15 is 0 Å². The van der Waals surface area contributed by atoms with Gasteiger partial charge >= 0.3 is 0 Å².